The number of fused-ring (bicyclic) bond motifs is 1. The zero-order valence-electron chi connectivity index (χ0n) is 53.7. The van der Waals surface area contributed by atoms with E-state index < -0.39 is 59.3 Å². The molecule has 3 atom stereocenters. The fourth-order valence-corrected chi connectivity index (χ4v) is 15.3. The summed E-state index contributed by atoms with van der Waals surface area (Å²) < 4.78 is 21.7. The summed E-state index contributed by atoms with van der Waals surface area (Å²) in [5.41, 5.74) is 6.76. The van der Waals surface area contributed by atoms with Crippen LogP contribution in [0.1, 0.15) is 86.1 Å². The molecule has 9 aromatic carbocycles. The molecule has 1 unspecified atom stereocenters. The van der Waals surface area contributed by atoms with E-state index in [0.29, 0.717) is 15.9 Å². The number of pyridine rings is 1. The van der Waals surface area contributed by atoms with Crippen LogP contribution in [0.4, 0.5) is 5.13 Å². The number of tetrazole rings is 1. The second-order valence-corrected chi connectivity index (χ2v) is 26.3. The van der Waals surface area contributed by atoms with Crippen molar-refractivity contribution in [2.45, 2.75) is 46.7 Å². The predicted octanol–water partition coefficient (Wildman–Crippen LogP) is 14.3. The number of thioether (sulfide) groups is 2. The number of aromatic nitrogens is 6. The number of thiazole rings is 1. The second-order valence-electron chi connectivity index (χ2n) is 23.4. The number of amides is 2. The maximum atomic E-state index is 15.8. The van der Waals surface area contributed by atoms with E-state index >= 15 is 14.4 Å². The Hall–Kier alpha value is -11.5. The van der Waals surface area contributed by atoms with Gasteiger partial charge < -0.3 is 34.8 Å². The van der Waals surface area contributed by atoms with Gasteiger partial charge in [-0.3, -0.25) is 19.5 Å². The number of aromatic hydroxyl groups is 1. The van der Waals surface area contributed by atoms with Crippen molar-refractivity contribution in [3.63, 3.8) is 0 Å². The van der Waals surface area contributed by atoms with E-state index in [-0.39, 0.29) is 45.8 Å². The van der Waals surface area contributed by atoms with E-state index in [1.165, 1.54) is 56.7 Å². The van der Waals surface area contributed by atoms with Crippen molar-refractivity contribution >= 4 is 63.5 Å². The Balaban J connectivity index is 0.849. The molecular weight excluding hydrogens is 1310 g/mol. The molecule has 0 spiro atoms. The SMILES string of the molecule is Cn1nnnc1SCC1=C(C(=O)OC(c2ccccc2)c2ccccc2)N2C(=O)[C@@H](NC(=O)C(=NOC(OC(c3ccccc3)c3ccccc3)c3cc(O)c(OC(c4ccccc4)c4ccccc4)cn3)c3csc(NC(c4ccccc4)(c4ccccc4)c4ccccc4)n3)[C@H]2SC1. The number of β-lactam (4-membered cyclic amide) rings is 1. The first-order valence-electron chi connectivity index (χ1n) is 32.2. The molecule has 0 bridgehead atoms. The average molecular weight is 1380 g/mol. The summed E-state index contributed by atoms with van der Waals surface area (Å²) in [4.78, 5) is 64.2. The highest BCUT2D eigenvalue weighted by molar-refractivity contribution is 8.01. The van der Waals surface area contributed by atoms with Crippen molar-refractivity contribution in [1.29, 1.82) is 0 Å². The summed E-state index contributed by atoms with van der Waals surface area (Å²) in [5, 5.41) is 37.4. The van der Waals surface area contributed by atoms with Crippen LogP contribution < -0.4 is 15.4 Å². The third-order valence-corrected chi connectivity index (χ3v) is 20.2. The molecule has 1 saturated heterocycles. The fraction of sp³-hybridized carbons (Fsp3) is 0.127. The van der Waals surface area contributed by atoms with Crippen molar-refractivity contribution in [2.24, 2.45) is 12.2 Å². The Labute approximate surface area is 589 Å². The van der Waals surface area contributed by atoms with E-state index in [1.54, 1.807) is 12.4 Å². The van der Waals surface area contributed by atoms with Crippen LogP contribution in [-0.4, -0.2) is 86.6 Å². The topological polar surface area (TPSA) is 217 Å². The average Bonchev–Trinajstić information content (AvgIpc) is 0.759. The van der Waals surface area contributed by atoms with Crippen molar-refractivity contribution in [1.82, 2.24) is 40.4 Å². The van der Waals surface area contributed by atoms with Gasteiger partial charge >= 0.3 is 5.97 Å². The first-order chi connectivity index (χ1) is 49.2. The second kappa shape index (κ2) is 30.5. The van der Waals surface area contributed by atoms with Crippen molar-refractivity contribution in [2.75, 3.05) is 16.8 Å². The molecule has 0 saturated carbocycles. The maximum absolute atomic E-state index is 15.8. The van der Waals surface area contributed by atoms with Crippen molar-refractivity contribution < 1.29 is 38.5 Å². The Morgan fingerprint density at radius 1 is 0.650 bits per heavy atom. The number of benzene rings is 9. The number of hydrogen-bond donors (Lipinski definition) is 3. The van der Waals surface area contributed by atoms with Gasteiger partial charge in [0, 0.05) is 30.0 Å². The van der Waals surface area contributed by atoms with Crippen molar-refractivity contribution in [3.05, 3.63) is 363 Å². The number of aryl methyl sites for hydroxylation is 1. The number of carbonyl (C=O) groups is 3. The lowest BCUT2D eigenvalue weighted by atomic mass is 9.77. The number of anilines is 1. The summed E-state index contributed by atoms with van der Waals surface area (Å²) in [6.07, 6.45) is -2.47. The summed E-state index contributed by atoms with van der Waals surface area (Å²) in [5.74, 6) is -1.87. The summed E-state index contributed by atoms with van der Waals surface area (Å²) >= 11 is 3.92. The van der Waals surface area contributed by atoms with Crippen LogP contribution in [-0.2, 0) is 41.3 Å². The largest absolute Gasteiger partial charge is 0.504 e. The molecule has 0 radical (unpaired) electrons. The molecule has 21 heteroatoms. The minimum Gasteiger partial charge on any atom is -0.504 e. The monoisotopic (exact) mass is 1380 g/mol. The van der Waals surface area contributed by atoms with E-state index in [1.807, 2.05) is 273 Å². The van der Waals surface area contributed by atoms with Crippen molar-refractivity contribution in [3.8, 4) is 11.5 Å². The Morgan fingerprint density at radius 3 is 1.59 bits per heavy atom. The third-order valence-electron chi connectivity index (χ3n) is 17.1. The first kappa shape index (κ1) is 65.8. The molecule has 2 amide bonds. The molecule has 496 valence electrons. The molecule has 12 aromatic rings. The van der Waals surface area contributed by atoms with Gasteiger partial charge in [0.05, 0.1) is 6.20 Å². The highest BCUT2D eigenvalue weighted by Gasteiger charge is 2.55. The van der Waals surface area contributed by atoms with Crippen LogP contribution in [0.25, 0.3) is 0 Å². The van der Waals surface area contributed by atoms with Gasteiger partial charge in [0.1, 0.15) is 46.2 Å². The number of hydrogen-bond acceptors (Lipinski definition) is 18. The summed E-state index contributed by atoms with van der Waals surface area (Å²) in [6.45, 7) is 0. The number of nitrogens with zero attached hydrogens (tertiary/aromatic N) is 8. The van der Waals surface area contributed by atoms with Crippen LogP contribution in [0.15, 0.2) is 312 Å². The van der Waals surface area contributed by atoms with Gasteiger partial charge in [0.15, 0.2) is 28.4 Å². The van der Waals surface area contributed by atoms with Gasteiger partial charge in [0.2, 0.25) is 5.16 Å². The molecule has 0 aliphatic carbocycles. The van der Waals surface area contributed by atoms with Crippen LogP contribution in [0.3, 0.4) is 0 Å². The third kappa shape index (κ3) is 14.3. The molecule has 3 aromatic heterocycles. The minimum absolute atomic E-state index is 0.0547. The maximum Gasteiger partial charge on any atom is 0.356 e. The standard InChI is InChI=1S/C79H64N10O8S3/c1-88-78(84-86-87-88)100-50-58-49-98-74-67(73(92)89(74)68(58)75(93)95-70(54-33-15-4-16-34-54)55-35-17-5-18-36-55)82-72(91)66(63-51-99-77(81-63)83-79(59-41-23-8-24-42-59,60-43-25-9-26-44-60)61-45-27-10-28-46-61)85-97-76(96-71(56-37-19-6-20-38-56)57-39-21-7-22-40-57)62-47-64(90)65(48-80-62)94-69(52-29-11-2-12-30-52)53-31-13-3-14-32-53/h2-48,51,67,69-71,74,76H,49-50H2,1H3,(H,80,90)(H,81,83)(H,82,91)/t67-,74-,76?/m1/s1. The van der Waals surface area contributed by atoms with E-state index in [9.17, 15) is 5.11 Å². The van der Waals surface area contributed by atoms with E-state index in [2.05, 4.69) is 26.2 Å². The van der Waals surface area contributed by atoms with Gasteiger partial charge in [-0.1, -0.05) is 290 Å². The van der Waals surface area contributed by atoms with E-state index in [4.69, 9.17) is 34.2 Å². The number of oxime groups is 1. The molecule has 3 N–H and O–H groups in total. The van der Waals surface area contributed by atoms with Gasteiger partial charge in [-0.2, -0.15) is 0 Å². The quantitative estimate of drug-likeness (QED) is 0.00873. The van der Waals surface area contributed by atoms with Crippen LogP contribution in [0.5, 0.6) is 11.5 Å². The Bertz CT molecular complexity index is 4610. The smallest absolute Gasteiger partial charge is 0.356 e. The predicted molar refractivity (Wildman–Crippen MR) is 385 cm³/mol. The molecule has 2 aliphatic rings. The number of esters is 1. The zero-order valence-corrected chi connectivity index (χ0v) is 56.1. The number of ether oxygens (including phenoxy) is 3. The molecule has 100 heavy (non-hydrogen) atoms. The molecule has 5 heterocycles. The molecule has 18 nitrogen and oxygen atoms in total. The minimum atomic E-state index is -1.57. The van der Waals surface area contributed by atoms with E-state index in [0.717, 1.165) is 50.1 Å². The van der Waals surface area contributed by atoms with Gasteiger partial charge in [-0.05, 0) is 66.1 Å². The highest BCUT2D eigenvalue weighted by atomic mass is 32.2. The van der Waals surface area contributed by atoms with Crippen LogP contribution in [0, 0.1) is 0 Å². The number of carbonyl (C=O) groups excluding carboxylic acids is 3. The molecular formula is C79H64N10O8S3. The highest BCUT2D eigenvalue weighted by Crippen LogP contribution is 2.45. The van der Waals surface area contributed by atoms with Gasteiger partial charge in [-0.25, -0.2) is 14.5 Å². The Kier molecular flexibility index (Phi) is 20.1. The first-order valence-corrected chi connectivity index (χ1v) is 35.1. The lowest BCUT2D eigenvalue weighted by molar-refractivity contribution is -0.170. The van der Waals surface area contributed by atoms with Crippen LogP contribution >= 0.6 is 34.9 Å². The lowest BCUT2D eigenvalue weighted by Gasteiger charge is -2.49. The molecule has 1 fully saturated rings. The molecule has 14 rings (SSSR count). The lowest BCUT2D eigenvalue weighted by Crippen LogP contribution is -2.71. The number of rotatable bonds is 26. The normalized spacial score (nSPS) is 14.9. The van der Waals surface area contributed by atoms with Gasteiger partial charge in [0.25, 0.3) is 18.1 Å². The molecule has 2 aliphatic heterocycles. The fourth-order valence-electron chi connectivity index (χ4n) is 12.2. The summed E-state index contributed by atoms with van der Waals surface area (Å²) in [7, 11) is 1.72. The van der Waals surface area contributed by atoms with Crippen LogP contribution in [0.2, 0.25) is 0 Å². The van der Waals surface area contributed by atoms with Gasteiger partial charge in [-0.15, -0.1) is 28.2 Å². The Morgan fingerprint density at radius 2 is 1.12 bits per heavy atom. The number of nitrogens with one attached hydrogen (secondary N) is 2. The zero-order chi connectivity index (χ0) is 68.2. The summed E-state index contributed by atoms with van der Waals surface area (Å²) in [6, 6.07) is 87.4.